The molecule has 0 radical (unpaired) electrons. The second-order valence-electron chi connectivity index (χ2n) is 7.79. The number of hydrogen-bond donors (Lipinski definition) is 5. The summed E-state index contributed by atoms with van der Waals surface area (Å²) in [6, 6.07) is 13.3. The number of benzene rings is 2. The number of ketones is 1. The summed E-state index contributed by atoms with van der Waals surface area (Å²) in [5.41, 5.74) is 2.26. The number of carbonyl (C=O) groups excluding carboxylic acids is 2. The van der Waals surface area contributed by atoms with Gasteiger partial charge in [0.05, 0.1) is 29.3 Å². The van der Waals surface area contributed by atoms with E-state index in [1.807, 2.05) is 0 Å². The van der Waals surface area contributed by atoms with Crippen LogP contribution in [0.25, 0.3) is 0 Å². The largest absolute Gasteiger partial charge is 0.370 e. The van der Waals surface area contributed by atoms with Gasteiger partial charge in [-0.2, -0.15) is 0 Å². The molecule has 0 spiro atoms. The van der Waals surface area contributed by atoms with Gasteiger partial charge in [-0.15, -0.1) is 0 Å². The van der Waals surface area contributed by atoms with Crippen molar-refractivity contribution >= 4 is 44.0 Å². The first-order chi connectivity index (χ1) is 16.4. The average Bonchev–Trinajstić information content (AvgIpc) is 2.80. The lowest BCUT2D eigenvalue weighted by Gasteiger charge is -2.25. The number of nitrogens with zero attached hydrogens (tertiary/aromatic N) is 2. The monoisotopic (exact) mass is 521 g/mol. The van der Waals surface area contributed by atoms with Gasteiger partial charge in [-0.05, 0) is 30.3 Å². The number of allylic oxidation sites excluding steroid dienone is 1. The summed E-state index contributed by atoms with van der Waals surface area (Å²) in [7, 11) is -7.20. The van der Waals surface area contributed by atoms with Crippen LogP contribution in [0.15, 0.2) is 65.2 Å². The second kappa shape index (κ2) is 10.8. The van der Waals surface area contributed by atoms with E-state index in [4.69, 9.17) is 0 Å². The molecule has 0 saturated heterocycles. The van der Waals surface area contributed by atoms with Crippen molar-refractivity contribution in [2.24, 2.45) is 4.99 Å². The van der Waals surface area contributed by atoms with Gasteiger partial charge in [0.25, 0.3) is 5.91 Å². The summed E-state index contributed by atoms with van der Waals surface area (Å²) in [5.74, 6) is -0.932. The molecule has 1 amide bonds. The summed E-state index contributed by atoms with van der Waals surface area (Å²) in [5, 5.41) is 2.45. The molecular formula is C22H25N3O8P2. The number of likely N-dealkylation sites (N-methyl/N-ethyl adjacent to an activating group) is 1. The van der Waals surface area contributed by atoms with E-state index >= 15 is 0 Å². The first-order valence-electron chi connectivity index (χ1n) is 10.5. The summed E-state index contributed by atoms with van der Waals surface area (Å²) in [6.07, 6.45) is 0.468. The number of rotatable bonds is 9. The molecule has 0 atom stereocenters. The van der Waals surface area contributed by atoms with Crippen LogP contribution in [0, 0.1) is 0 Å². The number of amides is 1. The van der Waals surface area contributed by atoms with Gasteiger partial charge < -0.3 is 29.8 Å². The van der Waals surface area contributed by atoms with E-state index in [0.717, 1.165) is 0 Å². The molecule has 0 aliphatic heterocycles. The van der Waals surface area contributed by atoms with Crippen molar-refractivity contribution < 1.29 is 38.3 Å². The zero-order valence-corrected chi connectivity index (χ0v) is 20.5. The zero-order chi connectivity index (χ0) is 25.8. The third kappa shape index (κ3) is 7.29. The van der Waals surface area contributed by atoms with Gasteiger partial charge in [-0.3, -0.25) is 18.7 Å². The quantitative estimate of drug-likeness (QED) is 0.243. The molecule has 2 aromatic carbocycles. The molecule has 35 heavy (non-hydrogen) atoms. The Morgan fingerprint density at radius 3 is 1.97 bits per heavy atom. The van der Waals surface area contributed by atoms with Crippen molar-refractivity contribution in [1.29, 1.82) is 0 Å². The van der Waals surface area contributed by atoms with Crippen LogP contribution in [0.5, 0.6) is 0 Å². The highest BCUT2D eigenvalue weighted by Gasteiger charge is 2.28. The van der Waals surface area contributed by atoms with Gasteiger partial charge >= 0.3 is 15.2 Å². The first-order valence-corrected chi connectivity index (χ1v) is 14.1. The minimum Gasteiger partial charge on any atom is -0.370 e. The highest BCUT2D eigenvalue weighted by molar-refractivity contribution is 7.52. The van der Waals surface area contributed by atoms with Crippen LogP contribution in [-0.4, -0.2) is 69.4 Å². The number of aliphatic imine (C=N–C) groups is 1. The Balaban J connectivity index is 1.93. The minimum atomic E-state index is -4.32. The Morgan fingerprint density at radius 1 is 0.914 bits per heavy atom. The molecule has 0 heterocycles. The third-order valence-corrected chi connectivity index (χ3v) is 6.80. The number of Topliss-reactive ketones (excluding diaryl/α,β-unsaturated/α-hetero) is 1. The van der Waals surface area contributed by atoms with Crippen molar-refractivity contribution in [1.82, 2.24) is 5.32 Å². The maximum Gasteiger partial charge on any atom is 0.327 e. The maximum atomic E-state index is 12.7. The van der Waals surface area contributed by atoms with Crippen molar-refractivity contribution in [3.63, 3.8) is 0 Å². The van der Waals surface area contributed by atoms with Gasteiger partial charge in [0, 0.05) is 37.0 Å². The van der Waals surface area contributed by atoms with Gasteiger partial charge in [0.2, 0.25) is 0 Å². The molecule has 1 aliphatic carbocycles. The second-order valence-corrected chi connectivity index (χ2v) is 11.3. The Bertz CT molecular complexity index is 1250. The van der Waals surface area contributed by atoms with Crippen LogP contribution in [-0.2, 0) is 13.9 Å². The highest BCUT2D eigenvalue weighted by atomic mass is 31.2. The molecule has 0 unspecified atom stereocenters. The Labute approximate surface area is 201 Å². The standard InChI is InChI=1S/C22H25N3O8P2/c1-23-22(27)19-14-20(17-4-2-3-5-18(17)21(19)26)24-15-6-8-16(9-7-15)25(10-12-34(28,29)30)11-13-35(31,32)33/h2-9,14H,10-13H2,1H3,(H,23,27)(H2,28,29,30)(H2,31,32,33)/b24-20+. The lowest BCUT2D eigenvalue weighted by atomic mass is 9.88. The lowest BCUT2D eigenvalue weighted by Crippen LogP contribution is -2.29. The lowest BCUT2D eigenvalue weighted by molar-refractivity contribution is -0.116. The Hall–Kier alpha value is -2.91. The fourth-order valence-corrected chi connectivity index (χ4v) is 4.48. The number of fused-ring (bicyclic) bond motifs is 1. The molecule has 3 rings (SSSR count). The molecule has 13 heteroatoms. The van der Waals surface area contributed by atoms with Gasteiger partial charge in [-0.1, -0.05) is 24.3 Å². The van der Waals surface area contributed by atoms with Crippen LogP contribution in [0.4, 0.5) is 11.4 Å². The number of carbonyl (C=O) groups is 2. The fourth-order valence-electron chi connectivity index (χ4n) is 3.47. The predicted octanol–water partition coefficient (Wildman–Crippen LogP) is 1.84. The van der Waals surface area contributed by atoms with E-state index in [2.05, 4.69) is 10.3 Å². The molecule has 186 valence electrons. The van der Waals surface area contributed by atoms with Crippen molar-refractivity contribution in [2.45, 2.75) is 0 Å². The van der Waals surface area contributed by atoms with Crippen molar-refractivity contribution in [3.05, 3.63) is 71.3 Å². The van der Waals surface area contributed by atoms with Crippen molar-refractivity contribution in [2.75, 3.05) is 37.4 Å². The fraction of sp³-hybridized carbons (Fsp3) is 0.227. The molecule has 0 aromatic heterocycles. The number of nitrogens with one attached hydrogen (secondary N) is 1. The van der Waals surface area contributed by atoms with Gasteiger partial charge in [-0.25, -0.2) is 4.99 Å². The van der Waals surface area contributed by atoms with E-state index in [1.165, 1.54) is 18.0 Å². The SMILES string of the molecule is CNC(=O)C1=C/C(=N\c2ccc(N(CCP(=O)(O)O)CCP(=O)(O)O)cc2)c2ccccc2C1=O. The molecule has 11 nitrogen and oxygen atoms in total. The topological polar surface area (TPSA) is 177 Å². The smallest absolute Gasteiger partial charge is 0.327 e. The maximum absolute atomic E-state index is 12.7. The molecule has 2 aromatic rings. The van der Waals surface area contributed by atoms with Crippen LogP contribution >= 0.6 is 15.2 Å². The van der Waals surface area contributed by atoms with Gasteiger partial charge in [0.1, 0.15) is 0 Å². The first kappa shape index (κ1) is 26.7. The van der Waals surface area contributed by atoms with E-state index in [9.17, 15) is 38.3 Å². The summed E-state index contributed by atoms with van der Waals surface area (Å²) < 4.78 is 22.6. The normalized spacial score (nSPS) is 14.9. The van der Waals surface area contributed by atoms with E-state index in [-0.39, 0.29) is 18.7 Å². The molecule has 0 fully saturated rings. The summed E-state index contributed by atoms with van der Waals surface area (Å²) in [6.45, 7) is -0.211. The predicted molar refractivity (Wildman–Crippen MR) is 132 cm³/mol. The average molecular weight is 521 g/mol. The number of hydrogen-bond acceptors (Lipinski definition) is 6. The molecule has 0 saturated carbocycles. The van der Waals surface area contributed by atoms with Gasteiger partial charge in [0.15, 0.2) is 5.78 Å². The van der Waals surface area contributed by atoms with E-state index in [0.29, 0.717) is 28.2 Å². The van der Waals surface area contributed by atoms with E-state index < -0.39 is 39.2 Å². The summed E-state index contributed by atoms with van der Waals surface area (Å²) in [4.78, 5) is 67.7. The molecule has 0 bridgehead atoms. The molecular weight excluding hydrogens is 496 g/mol. The van der Waals surface area contributed by atoms with Crippen molar-refractivity contribution in [3.8, 4) is 0 Å². The van der Waals surface area contributed by atoms with Crippen LogP contribution in [0.3, 0.4) is 0 Å². The zero-order valence-electron chi connectivity index (χ0n) is 18.7. The third-order valence-electron chi connectivity index (χ3n) is 5.23. The number of anilines is 1. The van der Waals surface area contributed by atoms with Crippen LogP contribution < -0.4 is 10.2 Å². The Kier molecular flexibility index (Phi) is 8.22. The minimum absolute atomic E-state index is 0.0392. The summed E-state index contributed by atoms with van der Waals surface area (Å²) >= 11 is 0. The highest BCUT2D eigenvalue weighted by Crippen LogP contribution is 2.37. The van der Waals surface area contributed by atoms with E-state index in [1.54, 1.807) is 48.5 Å². The van der Waals surface area contributed by atoms with Crippen LogP contribution in [0.2, 0.25) is 0 Å². The van der Waals surface area contributed by atoms with Crippen LogP contribution in [0.1, 0.15) is 15.9 Å². The Morgan fingerprint density at radius 2 is 1.46 bits per heavy atom. The molecule has 5 N–H and O–H groups in total. The molecule has 1 aliphatic rings.